The van der Waals surface area contributed by atoms with Crippen molar-refractivity contribution >= 4 is 29.0 Å². The van der Waals surface area contributed by atoms with Crippen LogP contribution in [-0.2, 0) is 21.0 Å². The number of benzene rings is 1. The van der Waals surface area contributed by atoms with E-state index >= 15 is 0 Å². The molecule has 1 aromatic carbocycles. The molecule has 0 saturated heterocycles. The first kappa shape index (κ1) is 21.1. The molecular weight excluding hydrogens is 402 g/mol. The number of rotatable bonds is 9. The highest BCUT2D eigenvalue weighted by molar-refractivity contribution is 7.05. The molecule has 3 aromatic rings. The predicted molar refractivity (Wildman–Crippen MR) is 114 cm³/mol. The van der Waals surface area contributed by atoms with Crippen molar-refractivity contribution < 1.29 is 14.4 Å². The van der Waals surface area contributed by atoms with Crippen LogP contribution in [0.2, 0.25) is 0 Å². The fourth-order valence-corrected chi connectivity index (χ4v) is 2.92. The van der Waals surface area contributed by atoms with Crippen molar-refractivity contribution in [2.75, 3.05) is 18.5 Å². The molecule has 2 aromatic heterocycles. The Kier molecular flexibility index (Phi) is 7.60. The minimum absolute atomic E-state index is 0.0739. The molecule has 0 radical (unpaired) electrons. The Labute approximate surface area is 178 Å². The van der Waals surface area contributed by atoms with Crippen molar-refractivity contribution in [1.82, 2.24) is 14.6 Å². The molecule has 0 spiro atoms. The van der Waals surface area contributed by atoms with Crippen LogP contribution in [0.15, 0.2) is 53.7 Å². The zero-order valence-corrected chi connectivity index (χ0v) is 17.1. The summed E-state index contributed by atoms with van der Waals surface area (Å²) in [5.74, 6) is 2.34. The van der Waals surface area contributed by atoms with E-state index in [2.05, 4.69) is 31.0 Å². The lowest BCUT2D eigenvalue weighted by Gasteiger charge is -2.07. The molecule has 9 heteroatoms. The number of nitrogens with one attached hydrogen (secondary N) is 1. The molecule has 1 N–H and O–H groups in total. The molecule has 0 aliphatic carbocycles. The van der Waals surface area contributed by atoms with Gasteiger partial charge in [-0.1, -0.05) is 52.0 Å². The topological polar surface area (TPSA) is 98.6 Å². The third kappa shape index (κ3) is 5.94. The Morgan fingerprint density at radius 3 is 2.80 bits per heavy atom. The zero-order chi connectivity index (χ0) is 21.2. The SMILES string of the molecule is C#CCOCC(=O)Nc1cccc(CO/N=C(\c2ccccc2)c2nnsc2C)n1. The van der Waals surface area contributed by atoms with Crippen molar-refractivity contribution in [3.05, 3.63) is 70.4 Å². The summed E-state index contributed by atoms with van der Waals surface area (Å²) in [7, 11) is 0. The van der Waals surface area contributed by atoms with Crippen molar-refractivity contribution in [2.24, 2.45) is 5.16 Å². The first-order valence-corrected chi connectivity index (χ1v) is 9.76. The molecule has 0 saturated carbocycles. The van der Waals surface area contributed by atoms with Gasteiger partial charge in [0.1, 0.15) is 30.4 Å². The summed E-state index contributed by atoms with van der Waals surface area (Å²) in [6.07, 6.45) is 5.08. The standard InChI is InChI=1S/C21H19N5O3S/c1-3-12-28-14-19(27)23-18-11-7-10-17(22-18)13-29-25-21(16-8-5-4-6-9-16)20-15(2)30-26-24-20/h1,4-11H,12-14H2,2H3,(H,22,23,27)/b25-21+. The molecule has 0 bridgehead atoms. The van der Waals surface area contributed by atoms with Crippen LogP contribution in [0.1, 0.15) is 21.8 Å². The molecule has 0 atom stereocenters. The quantitative estimate of drug-likeness (QED) is 0.247. The normalized spacial score (nSPS) is 11.0. The lowest BCUT2D eigenvalue weighted by molar-refractivity contribution is -0.120. The van der Waals surface area contributed by atoms with Crippen LogP contribution >= 0.6 is 11.5 Å². The summed E-state index contributed by atoms with van der Waals surface area (Å²) >= 11 is 1.30. The van der Waals surface area contributed by atoms with Crippen LogP contribution in [0.25, 0.3) is 0 Å². The Morgan fingerprint density at radius 1 is 1.23 bits per heavy atom. The molecule has 0 fully saturated rings. The summed E-state index contributed by atoms with van der Waals surface area (Å²) < 4.78 is 8.98. The smallest absolute Gasteiger partial charge is 0.251 e. The number of pyridine rings is 1. The molecular formula is C21H19N5O3S. The number of hydrogen-bond donors (Lipinski definition) is 1. The molecule has 8 nitrogen and oxygen atoms in total. The maximum atomic E-state index is 11.8. The van der Waals surface area contributed by atoms with E-state index in [0.29, 0.717) is 22.9 Å². The monoisotopic (exact) mass is 421 g/mol. The molecule has 0 aliphatic heterocycles. The minimum atomic E-state index is -0.341. The number of carbonyl (C=O) groups is 1. The maximum absolute atomic E-state index is 11.8. The van der Waals surface area contributed by atoms with E-state index in [1.54, 1.807) is 18.2 Å². The number of terminal acetylenes is 1. The number of nitrogens with zero attached hydrogens (tertiary/aromatic N) is 4. The van der Waals surface area contributed by atoms with Crippen LogP contribution in [0.3, 0.4) is 0 Å². The molecule has 30 heavy (non-hydrogen) atoms. The molecule has 3 rings (SSSR count). The van der Waals surface area contributed by atoms with Gasteiger partial charge in [0, 0.05) is 5.56 Å². The number of ether oxygens (including phenoxy) is 1. The van der Waals surface area contributed by atoms with Gasteiger partial charge in [-0.2, -0.15) is 0 Å². The van der Waals surface area contributed by atoms with Gasteiger partial charge in [0.05, 0.1) is 10.6 Å². The average molecular weight is 421 g/mol. The van der Waals surface area contributed by atoms with E-state index in [-0.39, 0.29) is 25.7 Å². The van der Waals surface area contributed by atoms with Crippen molar-refractivity contribution in [1.29, 1.82) is 0 Å². The summed E-state index contributed by atoms with van der Waals surface area (Å²) in [4.78, 5) is 22.7. The number of aryl methyl sites for hydroxylation is 1. The highest BCUT2D eigenvalue weighted by Crippen LogP contribution is 2.16. The number of oxime groups is 1. The second kappa shape index (κ2) is 10.8. The van der Waals surface area contributed by atoms with Crippen molar-refractivity contribution in [2.45, 2.75) is 13.5 Å². The van der Waals surface area contributed by atoms with Gasteiger partial charge in [-0.15, -0.1) is 11.5 Å². The van der Waals surface area contributed by atoms with Gasteiger partial charge in [0.15, 0.2) is 6.61 Å². The lowest BCUT2D eigenvalue weighted by Crippen LogP contribution is -2.19. The van der Waals surface area contributed by atoms with Crippen molar-refractivity contribution in [3.8, 4) is 12.3 Å². The second-order valence-corrected chi connectivity index (χ2v) is 6.97. The number of carbonyl (C=O) groups excluding carboxylic acids is 1. The van der Waals surface area contributed by atoms with E-state index in [1.807, 2.05) is 37.3 Å². The molecule has 0 aliphatic rings. The van der Waals surface area contributed by atoms with E-state index in [1.165, 1.54) is 11.5 Å². The maximum Gasteiger partial charge on any atom is 0.251 e. The fraction of sp³-hybridized carbons (Fsp3) is 0.190. The largest absolute Gasteiger partial charge is 0.389 e. The number of hydrogen-bond acceptors (Lipinski definition) is 8. The van der Waals surface area contributed by atoms with Gasteiger partial charge in [0.2, 0.25) is 0 Å². The highest BCUT2D eigenvalue weighted by atomic mass is 32.1. The fourth-order valence-electron chi connectivity index (χ4n) is 2.45. The zero-order valence-electron chi connectivity index (χ0n) is 16.2. The molecule has 152 valence electrons. The molecule has 1 amide bonds. The number of aromatic nitrogens is 3. The number of amides is 1. The summed E-state index contributed by atoms with van der Waals surface area (Å²) in [6.45, 7) is 1.98. The van der Waals surface area contributed by atoms with Gasteiger partial charge in [-0.3, -0.25) is 4.79 Å². The highest BCUT2D eigenvalue weighted by Gasteiger charge is 2.15. The van der Waals surface area contributed by atoms with Crippen molar-refractivity contribution in [3.63, 3.8) is 0 Å². The van der Waals surface area contributed by atoms with E-state index in [0.717, 1.165) is 10.4 Å². The van der Waals surface area contributed by atoms with E-state index in [9.17, 15) is 4.79 Å². The lowest BCUT2D eigenvalue weighted by atomic mass is 10.1. The van der Waals surface area contributed by atoms with E-state index < -0.39 is 0 Å². The Bertz CT molecular complexity index is 1060. The number of anilines is 1. The van der Waals surface area contributed by atoms with Gasteiger partial charge >= 0.3 is 0 Å². The first-order chi connectivity index (χ1) is 14.7. The van der Waals surface area contributed by atoms with Crippen LogP contribution in [0.5, 0.6) is 0 Å². The van der Waals surface area contributed by atoms with Crippen LogP contribution in [0, 0.1) is 19.3 Å². The average Bonchev–Trinajstić information content (AvgIpc) is 3.18. The summed E-state index contributed by atoms with van der Waals surface area (Å²) in [6, 6.07) is 14.8. The van der Waals surface area contributed by atoms with E-state index in [4.69, 9.17) is 16.0 Å². The summed E-state index contributed by atoms with van der Waals surface area (Å²) in [5, 5.41) is 11.1. The molecule has 2 heterocycles. The first-order valence-electron chi connectivity index (χ1n) is 8.99. The minimum Gasteiger partial charge on any atom is -0.389 e. The Balaban J connectivity index is 1.68. The Hall–Kier alpha value is -3.61. The van der Waals surface area contributed by atoms with Crippen LogP contribution in [-0.4, -0.2) is 39.4 Å². The Morgan fingerprint density at radius 2 is 2.07 bits per heavy atom. The second-order valence-electron chi connectivity index (χ2n) is 6.02. The van der Waals surface area contributed by atoms with Crippen LogP contribution in [0.4, 0.5) is 5.82 Å². The molecule has 0 unspecified atom stereocenters. The van der Waals surface area contributed by atoms with Gasteiger partial charge in [-0.25, -0.2) is 4.98 Å². The van der Waals surface area contributed by atoms with Gasteiger partial charge in [-0.05, 0) is 30.6 Å². The van der Waals surface area contributed by atoms with Gasteiger partial charge in [0.25, 0.3) is 5.91 Å². The summed E-state index contributed by atoms with van der Waals surface area (Å²) in [5.41, 5.74) is 2.74. The third-order valence-electron chi connectivity index (χ3n) is 3.78. The van der Waals surface area contributed by atoms with Crippen LogP contribution < -0.4 is 5.32 Å². The third-order valence-corrected chi connectivity index (χ3v) is 4.42. The van der Waals surface area contributed by atoms with Gasteiger partial charge < -0.3 is 14.9 Å². The predicted octanol–water partition coefficient (Wildman–Crippen LogP) is 2.80.